The zero-order chi connectivity index (χ0) is 12.8. The van der Waals surface area contributed by atoms with Gasteiger partial charge in [0.25, 0.3) is 0 Å². The van der Waals surface area contributed by atoms with Gasteiger partial charge in [0, 0.05) is 13.1 Å². The summed E-state index contributed by atoms with van der Waals surface area (Å²) in [5.41, 5.74) is 9.59. The van der Waals surface area contributed by atoms with Crippen molar-refractivity contribution in [3.05, 3.63) is 34.9 Å². The van der Waals surface area contributed by atoms with Crippen molar-refractivity contribution in [2.75, 3.05) is 13.1 Å². The minimum atomic E-state index is 0.572. The Morgan fingerprint density at radius 3 is 2.29 bits per heavy atom. The molecule has 0 aliphatic rings. The molecule has 94 valence electrons. The highest BCUT2D eigenvalue weighted by atomic mass is 32.1. The Bertz CT molecular complexity index is 368. The van der Waals surface area contributed by atoms with Gasteiger partial charge in [-0.05, 0) is 32.4 Å². The third kappa shape index (κ3) is 5.29. The van der Waals surface area contributed by atoms with Crippen molar-refractivity contribution in [1.82, 2.24) is 4.90 Å². The minimum absolute atomic E-state index is 0.572. The Kier molecular flexibility index (Phi) is 5.59. The normalized spacial score (nSPS) is 10.8. The number of thiocarbonyl (C=S) groups is 1. The molecule has 0 atom stereocenters. The van der Waals surface area contributed by atoms with Crippen molar-refractivity contribution in [3.8, 4) is 0 Å². The first-order valence-electron chi connectivity index (χ1n) is 6.09. The summed E-state index contributed by atoms with van der Waals surface area (Å²) in [4.78, 5) is 2.87. The predicted molar refractivity (Wildman–Crippen MR) is 78.3 cm³/mol. The molecule has 0 heterocycles. The van der Waals surface area contributed by atoms with Crippen molar-refractivity contribution < 1.29 is 0 Å². The van der Waals surface area contributed by atoms with Crippen LogP contribution in [0.3, 0.4) is 0 Å². The van der Waals surface area contributed by atoms with Crippen LogP contribution < -0.4 is 5.73 Å². The van der Waals surface area contributed by atoms with Crippen LogP contribution in [0.2, 0.25) is 0 Å². The van der Waals surface area contributed by atoms with Crippen LogP contribution in [0.1, 0.15) is 30.0 Å². The standard InChI is InChI=1S/C14H22N2S/c1-4-5-16(10-14(15)17)9-13-7-11(2)6-12(3)8-13/h6-8H,4-5,9-10H2,1-3H3,(H2,15,17). The van der Waals surface area contributed by atoms with E-state index in [-0.39, 0.29) is 0 Å². The fourth-order valence-corrected chi connectivity index (χ4v) is 2.35. The topological polar surface area (TPSA) is 29.3 Å². The van der Waals surface area contributed by atoms with Crippen molar-refractivity contribution in [2.24, 2.45) is 5.73 Å². The molecule has 1 rings (SSSR count). The molecule has 0 spiro atoms. The van der Waals surface area contributed by atoms with Crippen molar-refractivity contribution in [2.45, 2.75) is 33.7 Å². The molecule has 0 radical (unpaired) electrons. The zero-order valence-corrected chi connectivity index (χ0v) is 11.8. The first-order valence-corrected chi connectivity index (χ1v) is 6.50. The van der Waals surface area contributed by atoms with Gasteiger partial charge >= 0.3 is 0 Å². The summed E-state index contributed by atoms with van der Waals surface area (Å²) < 4.78 is 0. The van der Waals surface area contributed by atoms with Crippen LogP contribution in [0.15, 0.2) is 18.2 Å². The van der Waals surface area contributed by atoms with Crippen LogP contribution in [0.5, 0.6) is 0 Å². The van der Waals surface area contributed by atoms with Gasteiger partial charge in [0.1, 0.15) is 0 Å². The lowest BCUT2D eigenvalue weighted by atomic mass is 10.1. The Hall–Kier alpha value is -0.930. The highest BCUT2D eigenvalue weighted by Gasteiger charge is 2.06. The molecule has 1 aromatic carbocycles. The van der Waals surface area contributed by atoms with Crippen LogP contribution in [0.25, 0.3) is 0 Å². The second kappa shape index (κ2) is 6.72. The molecular formula is C14H22N2S. The summed E-state index contributed by atoms with van der Waals surface area (Å²) in [6.45, 7) is 9.10. The molecule has 0 bridgehead atoms. The van der Waals surface area contributed by atoms with Gasteiger partial charge in [-0.15, -0.1) is 0 Å². The summed E-state index contributed by atoms with van der Waals surface area (Å²) in [6, 6.07) is 6.66. The maximum absolute atomic E-state index is 5.63. The van der Waals surface area contributed by atoms with Gasteiger partial charge in [-0.1, -0.05) is 48.5 Å². The molecule has 17 heavy (non-hydrogen) atoms. The average molecular weight is 250 g/mol. The van der Waals surface area contributed by atoms with Gasteiger partial charge in [0.05, 0.1) is 4.99 Å². The Labute approximate surface area is 110 Å². The molecule has 0 aromatic heterocycles. The number of nitrogens with zero attached hydrogens (tertiary/aromatic N) is 1. The van der Waals surface area contributed by atoms with Crippen LogP contribution >= 0.6 is 12.2 Å². The average Bonchev–Trinajstić information content (AvgIpc) is 2.14. The molecule has 0 amide bonds. The second-order valence-electron chi connectivity index (χ2n) is 4.67. The lowest BCUT2D eigenvalue weighted by Crippen LogP contribution is -2.32. The molecular weight excluding hydrogens is 228 g/mol. The molecule has 1 aromatic rings. The summed E-state index contributed by atoms with van der Waals surface area (Å²) in [5.74, 6) is 0. The van der Waals surface area contributed by atoms with Crippen molar-refractivity contribution in [3.63, 3.8) is 0 Å². The van der Waals surface area contributed by atoms with Crippen molar-refractivity contribution >= 4 is 17.2 Å². The van der Waals surface area contributed by atoms with Gasteiger partial charge in [-0.25, -0.2) is 0 Å². The SMILES string of the molecule is CCCN(CC(N)=S)Cc1cc(C)cc(C)c1. The molecule has 0 unspecified atom stereocenters. The minimum Gasteiger partial charge on any atom is -0.392 e. The predicted octanol–water partition coefficient (Wildman–Crippen LogP) is 2.80. The molecule has 2 N–H and O–H groups in total. The Balaban J connectivity index is 2.74. The number of rotatable bonds is 6. The lowest BCUT2D eigenvalue weighted by molar-refractivity contribution is 0.304. The largest absolute Gasteiger partial charge is 0.392 e. The van der Waals surface area contributed by atoms with Crippen LogP contribution in [-0.4, -0.2) is 23.0 Å². The zero-order valence-electron chi connectivity index (χ0n) is 11.0. The van der Waals surface area contributed by atoms with E-state index < -0.39 is 0 Å². The van der Waals surface area contributed by atoms with Crippen LogP contribution in [0.4, 0.5) is 0 Å². The first kappa shape index (κ1) is 14.1. The molecule has 0 aliphatic heterocycles. The fourth-order valence-electron chi connectivity index (χ4n) is 2.17. The van der Waals surface area contributed by atoms with Crippen molar-refractivity contribution in [1.29, 1.82) is 0 Å². The first-order chi connectivity index (χ1) is 8.01. The lowest BCUT2D eigenvalue weighted by Gasteiger charge is -2.21. The van der Waals surface area contributed by atoms with E-state index in [9.17, 15) is 0 Å². The Morgan fingerprint density at radius 2 is 1.82 bits per heavy atom. The molecule has 0 fully saturated rings. The van der Waals surface area contributed by atoms with Gasteiger partial charge in [0.2, 0.25) is 0 Å². The number of nitrogens with two attached hydrogens (primary N) is 1. The highest BCUT2D eigenvalue weighted by molar-refractivity contribution is 7.80. The van der Waals surface area contributed by atoms with Gasteiger partial charge in [0.15, 0.2) is 0 Å². The molecule has 0 aliphatic carbocycles. The second-order valence-corrected chi connectivity index (χ2v) is 5.20. The van der Waals surface area contributed by atoms with E-state index in [1.54, 1.807) is 0 Å². The number of hydrogen-bond donors (Lipinski definition) is 1. The van der Waals surface area contributed by atoms with E-state index in [1.165, 1.54) is 16.7 Å². The fraction of sp³-hybridized carbons (Fsp3) is 0.500. The van der Waals surface area contributed by atoms with Gasteiger partial charge in [-0.3, -0.25) is 4.90 Å². The monoisotopic (exact) mass is 250 g/mol. The van der Waals surface area contributed by atoms with E-state index in [0.717, 1.165) is 19.5 Å². The summed E-state index contributed by atoms with van der Waals surface area (Å²) in [5, 5.41) is 0. The number of aryl methyl sites for hydroxylation is 2. The van der Waals surface area contributed by atoms with E-state index >= 15 is 0 Å². The quantitative estimate of drug-likeness (QED) is 0.787. The summed E-state index contributed by atoms with van der Waals surface area (Å²) in [6.07, 6.45) is 1.12. The maximum atomic E-state index is 5.63. The van der Waals surface area contributed by atoms with Gasteiger partial charge in [-0.2, -0.15) is 0 Å². The molecule has 2 nitrogen and oxygen atoms in total. The van der Waals surface area contributed by atoms with Crippen LogP contribution in [0, 0.1) is 13.8 Å². The van der Waals surface area contributed by atoms with E-state index in [1.807, 2.05) is 0 Å². The van der Waals surface area contributed by atoms with E-state index in [0.29, 0.717) is 11.5 Å². The number of hydrogen-bond acceptors (Lipinski definition) is 2. The Morgan fingerprint density at radius 1 is 1.24 bits per heavy atom. The van der Waals surface area contributed by atoms with E-state index in [2.05, 4.69) is 43.9 Å². The third-order valence-corrected chi connectivity index (χ3v) is 2.74. The molecule has 0 saturated heterocycles. The summed E-state index contributed by atoms with van der Waals surface area (Å²) in [7, 11) is 0. The maximum Gasteiger partial charge on any atom is 0.0870 e. The van der Waals surface area contributed by atoms with Crippen LogP contribution in [-0.2, 0) is 6.54 Å². The smallest absolute Gasteiger partial charge is 0.0870 e. The van der Waals surface area contributed by atoms with E-state index in [4.69, 9.17) is 18.0 Å². The third-order valence-electron chi connectivity index (χ3n) is 2.61. The molecule has 0 saturated carbocycles. The number of benzene rings is 1. The summed E-state index contributed by atoms with van der Waals surface area (Å²) >= 11 is 4.99. The van der Waals surface area contributed by atoms with Gasteiger partial charge < -0.3 is 5.73 Å². The molecule has 3 heteroatoms. The highest BCUT2D eigenvalue weighted by Crippen LogP contribution is 2.11.